The molecule has 0 unspecified atom stereocenters. The van der Waals surface area contributed by atoms with Crippen LogP contribution >= 0.6 is 0 Å². The molecular formula is C24H36N4O7. The zero-order valence-corrected chi connectivity index (χ0v) is 20.9. The van der Waals surface area contributed by atoms with Gasteiger partial charge < -0.3 is 38.9 Å². The van der Waals surface area contributed by atoms with Crippen molar-refractivity contribution in [3.05, 3.63) is 36.0 Å². The highest BCUT2D eigenvalue weighted by Gasteiger charge is 2.20. The maximum absolute atomic E-state index is 13.1. The topological polar surface area (TPSA) is 124 Å². The number of carbonyl (C=O) groups is 2. The third-order valence-electron chi connectivity index (χ3n) is 4.92. The summed E-state index contributed by atoms with van der Waals surface area (Å²) < 4.78 is 26.7. The number of benzene rings is 1. The van der Waals surface area contributed by atoms with Gasteiger partial charge in [0.25, 0.3) is 5.91 Å². The molecule has 0 saturated heterocycles. The van der Waals surface area contributed by atoms with Gasteiger partial charge in [0.15, 0.2) is 5.69 Å². The zero-order chi connectivity index (χ0) is 25.5. The molecule has 35 heavy (non-hydrogen) atoms. The third-order valence-corrected chi connectivity index (χ3v) is 4.92. The molecular weight excluding hydrogens is 456 g/mol. The molecule has 0 aliphatic rings. The van der Waals surface area contributed by atoms with Crippen LogP contribution in [0.25, 0.3) is 0 Å². The number of hydrogen-bond donors (Lipinski definition) is 2. The monoisotopic (exact) mass is 492 g/mol. The molecule has 0 saturated carbocycles. The molecule has 11 nitrogen and oxygen atoms in total. The summed E-state index contributed by atoms with van der Waals surface area (Å²) in [7, 11) is 3.07. The number of nitrogens with zero attached hydrogens (tertiary/aromatic N) is 2. The van der Waals surface area contributed by atoms with E-state index >= 15 is 0 Å². The third kappa shape index (κ3) is 9.45. The first-order valence-corrected chi connectivity index (χ1v) is 11.7. The van der Waals surface area contributed by atoms with Gasteiger partial charge in [-0.1, -0.05) is 0 Å². The summed E-state index contributed by atoms with van der Waals surface area (Å²) >= 11 is 0. The minimum atomic E-state index is -0.370. The number of urea groups is 1. The number of nitrogens with one attached hydrogen (secondary N) is 2. The van der Waals surface area contributed by atoms with Gasteiger partial charge in [-0.2, -0.15) is 0 Å². The minimum Gasteiger partial charge on any atom is -0.497 e. The highest BCUT2D eigenvalue weighted by Crippen LogP contribution is 2.29. The maximum atomic E-state index is 13.1. The Morgan fingerprint density at radius 1 is 1.06 bits per heavy atom. The van der Waals surface area contributed by atoms with Gasteiger partial charge >= 0.3 is 6.03 Å². The summed E-state index contributed by atoms with van der Waals surface area (Å²) in [6, 6.07) is 4.74. The Balaban J connectivity index is 2.04. The van der Waals surface area contributed by atoms with Crippen molar-refractivity contribution in [3.63, 3.8) is 0 Å². The molecule has 3 amide bonds. The van der Waals surface area contributed by atoms with Gasteiger partial charge in [0.05, 0.1) is 26.5 Å². The molecule has 11 heteroatoms. The fourth-order valence-corrected chi connectivity index (χ4v) is 3.11. The van der Waals surface area contributed by atoms with Gasteiger partial charge in [-0.25, -0.2) is 9.78 Å². The van der Waals surface area contributed by atoms with Crippen molar-refractivity contribution in [1.82, 2.24) is 15.2 Å². The quantitative estimate of drug-likeness (QED) is 0.342. The highest BCUT2D eigenvalue weighted by atomic mass is 16.5. The Morgan fingerprint density at radius 2 is 1.80 bits per heavy atom. The van der Waals surface area contributed by atoms with Crippen molar-refractivity contribution in [2.75, 3.05) is 59.1 Å². The van der Waals surface area contributed by atoms with E-state index in [1.807, 2.05) is 13.8 Å². The number of aromatic nitrogens is 1. The van der Waals surface area contributed by atoms with E-state index < -0.39 is 0 Å². The van der Waals surface area contributed by atoms with E-state index in [4.69, 9.17) is 23.4 Å². The molecule has 0 fully saturated rings. The van der Waals surface area contributed by atoms with Gasteiger partial charge in [-0.3, -0.25) is 4.79 Å². The molecule has 0 aliphatic heterocycles. The van der Waals surface area contributed by atoms with Crippen molar-refractivity contribution >= 4 is 17.6 Å². The van der Waals surface area contributed by atoms with Crippen LogP contribution in [0.1, 0.15) is 43.1 Å². The van der Waals surface area contributed by atoms with Crippen molar-refractivity contribution in [2.45, 2.75) is 33.2 Å². The molecule has 2 rings (SSSR count). The number of amides is 3. The number of hydrogen-bond acceptors (Lipinski definition) is 8. The van der Waals surface area contributed by atoms with Crippen LogP contribution in [0.4, 0.5) is 10.5 Å². The second-order valence-electron chi connectivity index (χ2n) is 7.40. The van der Waals surface area contributed by atoms with E-state index in [0.717, 1.165) is 0 Å². The first-order chi connectivity index (χ1) is 17.0. The van der Waals surface area contributed by atoms with Gasteiger partial charge in [0.1, 0.15) is 17.8 Å². The first kappa shape index (κ1) is 27.9. The number of rotatable bonds is 16. The predicted molar refractivity (Wildman–Crippen MR) is 130 cm³/mol. The van der Waals surface area contributed by atoms with Crippen LogP contribution in [0.5, 0.6) is 11.5 Å². The normalized spacial score (nSPS) is 10.6. The van der Waals surface area contributed by atoms with E-state index in [1.54, 1.807) is 25.3 Å². The zero-order valence-electron chi connectivity index (χ0n) is 20.9. The van der Waals surface area contributed by atoms with Crippen LogP contribution in [0.2, 0.25) is 0 Å². The minimum absolute atomic E-state index is 0.0774. The second-order valence-corrected chi connectivity index (χ2v) is 7.40. The van der Waals surface area contributed by atoms with Crippen molar-refractivity contribution in [3.8, 4) is 11.5 Å². The van der Waals surface area contributed by atoms with Gasteiger partial charge in [0, 0.05) is 45.6 Å². The number of carbonyl (C=O) groups excluding carboxylic acids is 2. The van der Waals surface area contributed by atoms with E-state index in [9.17, 15) is 9.59 Å². The Labute approximate surface area is 206 Å². The molecule has 2 aromatic rings. The Kier molecular flexibility index (Phi) is 12.4. The smallest absolute Gasteiger partial charge is 0.322 e. The molecule has 1 aromatic heterocycles. The summed E-state index contributed by atoms with van der Waals surface area (Å²) in [6.45, 7) is 7.09. The lowest BCUT2D eigenvalue weighted by molar-refractivity contribution is 0.0939. The van der Waals surface area contributed by atoms with Crippen LogP contribution < -0.4 is 20.1 Å². The van der Waals surface area contributed by atoms with Crippen LogP contribution in [0, 0.1) is 0 Å². The Morgan fingerprint density at radius 3 is 2.49 bits per heavy atom. The highest BCUT2D eigenvalue weighted by molar-refractivity contribution is 5.92. The molecule has 2 N–H and O–H groups in total. The summed E-state index contributed by atoms with van der Waals surface area (Å²) in [5.74, 6) is 0.979. The number of anilines is 1. The van der Waals surface area contributed by atoms with Gasteiger partial charge in [-0.05, 0) is 38.8 Å². The number of ether oxygens (including phenoxy) is 4. The van der Waals surface area contributed by atoms with Crippen molar-refractivity contribution in [1.29, 1.82) is 0 Å². The number of methoxy groups -OCH3 is 2. The van der Waals surface area contributed by atoms with Gasteiger partial charge in [-0.15, -0.1) is 0 Å². The molecule has 194 valence electrons. The Bertz CT molecular complexity index is 919. The molecule has 0 aliphatic carbocycles. The lowest BCUT2D eigenvalue weighted by Gasteiger charge is -2.22. The molecule has 0 bridgehead atoms. The number of oxazole rings is 1. The van der Waals surface area contributed by atoms with Crippen molar-refractivity contribution < 1.29 is 33.0 Å². The van der Waals surface area contributed by atoms with Gasteiger partial charge in [0.2, 0.25) is 5.89 Å². The van der Waals surface area contributed by atoms with Crippen LogP contribution in [-0.4, -0.2) is 75.6 Å². The predicted octanol–water partition coefficient (Wildman–Crippen LogP) is 3.31. The molecule has 1 heterocycles. The van der Waals surface area contributed by atoms with Crippen LogP contribution in [0.3, 0.4) is 0 Å². The van der Waals surface area contributed by atoms with E-state index in [1.165, 1.54) is 18.3 Å². The Hall–Kier alpha value is -3.31. The summed E-state index contributed by atoms with van der Waals surface area (Å²) in [5, 5.41) is 5.63. The molecule has 0 spiro atoms. The van der Waals surface area contributed by atoms with Crippen molar-refractivity contribution in [2.24, 2.45) is 0 Å². The fourth-order valence-electron chi connectivity index (χ4n) is 3.11. The van der Waals surface area contributed by atoms with Crippen LogP contribution in [-0.2, 0) is 16.0 Å². The van der Waals surface area contributed by atoms with E-state index in [2.05, 4.69) is 15.6 Å². The first-order valence-electron chi connectivity index (χ1n) is 11.7. The van der Waals surface area contributed by atoms with E-state index in [-0.39, 0.29) is 30.1 Å². The second kappa shape index (κ2) is 15.6. The lowest BCUT2D eigenvalue weighted by Crippen LogP contribution is -2.36. The summed E-state index contributed by atoms with van der Waals surface area (Å²) in [4.78, 5) is 31.2. The average Bonchev–Trinajstić information content (AvgIpc) is 3.34. The lowest BCUT2D eigenvalue weighted by atomic mass is 10.2. The summed E-state index contributed by atoms with van der Waals surface area (Å²) in [6.07, 6.45) is 2.61. The van der Waals surface area contributed by atoms with E-state index in [0.29, 0.717) is 69.5 Å². The molecule has 0 atom stereocenters. The SMILES string of the molecule is CCOCCCNC(=O)c1coc(CN(CCCOCC)C(=O)Nc2ccc(OC)cc2OC)n1. The summed E-state index contributed by atoms with van der Waals surface area (Å²) in [5.41, 5.74) is 0.649. The molecule has 1 aromatic carbocycles. The van der Waals surface area contributed by atoms with Crippen LogP contribution in [0.15, 0.2) is 28.9 Å². The standard InChI is InChI=1S/C24H36N4O7/c1-5-33-13-7-11-25-23(29)20-17-35-22(26-20)16-28(12-8-14-34-6-2)24(30)27-19-10-9-18(31-3)15-21(19)32-4/h9-10,15,17H,5-8,11-14,16H2,1-4H3,(H,25,29)(H,27,30). The fraction of sp³-hybridized carbons (Fsp3) is 0.542. The average molecular weight is 493 g/mol. The maximum Gasteiger partial charge on any atom is 0.322 e. The largest absolute Gasteiger partial charge is 0.497 e. The molecule has 0 radical (unpaired) electrons.